The molecule has 2 unspecified atom stereocenters. The fraction of sp³-hybridized carbons (Fsp3) is 0.375. The van der Waals surface area contributed by atoms with E-state index in [9.17, 15) is 0 Å². The highest BCUT2D eigenvalue weighted by molar-refractivity contribution is 7.97. The average Bonchev–Trinajstić information content (AvgIpc) is 3.28. The quantitative estimate of drug-likeness (QED) is 0.867. The van der Waals surface area contributed by atoms with E-state index < -0.39 is 0 Å². The Kier molecular flexibility index (Phi) is 3.76. The van der Waals surface area contributed by atoms with E-state index in [0.717, 1.165) is 22.8 Å². The van der Waals surface area contributed by atoms with E-state index in [1.54, 1.807) is 0 Å². The molecule has 20 heavy (non-hydrogen) atoms. The van der Waals surface area contributed by atoms with Crippen LogP contribution >= 0.6 is 11.9 Å². The minimum Gasteiger partial charge on any atom is -0.274 e. The molecule has 1 aliphatic carbocycles. The second kappa shape index (κ2) is 5.54. The monoisotopic (exact) mass is 285 g/mol. The summed E-state index contributed by atoms with van der Waals surface area (Å²) in [7, 11) is 0. The first-order chi connectivity index (χ1) is 9.69. The number of aromatic nitrogens is 2. The molecule has 2 N–H and O–H groups in total. The zero-order chi connectivity index (χ0) is 14.1. The van der Waals surface area contributed by atoms with E-state index in [2.05, 4.69) is 43.1 Å². The molecule has 1 fully saturated rings. The third-order valence-electron chi connectivity index (χ3n) is 3.85. The Hall–Kier alpha value is -1.39. The molecule has 0 aliphatic heterocycles. The van der Waals surface area contributed by atoms with Gasteiger partial charge in [0.15, 0.2) is 0 Å². The lowest BCUT2D eigenvalue weighted by Crippen LogP contribution is -1.99. The van der Waals surface area contributed by atoms with Gasteiger partial charge in [-0.25, -0.2) is 9.97 Å². The van der Waals surface area contributed by atoms with Crippen LogP contribution in [0.25, 0.3) is 0 Å². The number of nitrogens with two attached hydrogens (primary N) is 1. The van der Waals surface area contributed by atoms with E-state index in [1.807, 2.05) is 12.3 Å². The van der Waals surface area contributed by atoms with E-state index in [0.29, 0.717) is 17.8 Å². The molecule has 1 aromatic heterocycles. The van der Waals surface area contributed by atoms with E-state index in [1.165, 1.54) is 17.5 Å². The molecule has 2 aromatic rings. The lowest BCUT2D eigenvalue weighted by Gasteiger charge is -2.06. The Labute approximate surface area is 124 Å². The lowest BCUT2D eigenvalue weighted by atomic mass is 10.1. The van der Waals surface area contributed by atoms with Gasteiger partial charge in [-0.15, -0.1) is 0 Å². The molecule has 3 nitrogen and oxygen atoms in total. The highest BCUT2D eigenvalue weighted by Gasteiger charge is 2.41. The third-order valence-corrected chi connectivity index (χ3v) is 4.40. The minimum absolute atomic E-state index is 0.454. The Morgan fingerprint density at radius 3 is 2.55 bits per heavy atom. The fourth-order valence-corrected chi connectivity index (χ4v) is 2.82. The van der Waals surface area contributed by atoms with Gasteiger partial charge in [0.25, 0.3) is 0 Å². The fourth-order valence-electron chi connectivity index (χ4n) is 2.53. The summed E-state index contributed by atoms with van der Waals surface area (Å²) < 4.78 is 0. The van der Waals surface area contributed by atoms with Crippen molar-refractivity contribution >= 4 is 11.9 Å². The van der Waals surface area contributed by atoms with Crippen molar-refractivity contribution in [3.05, 3.63) is 53.6 Å². The normalized spacial score (nSPS) is 21.2. The van der Waals surface area contributed by atoms with Crippen LogP contribution < -0.4 is 5.14 Å². The van der Waals surface area contributed by atoms with Gasteiger partial charge in [0.05, 0.1) is 0 Å². The van der Waals surface area contributed by atoms with Gasteiger partial charge in [0.1, 0.15) is 5.82 Å². The summed E-state index contributed by atoms with van der Waals surface area (Å²) in [6, 6.07) is 10.5. The SMILES string of the molecule is CC(C)c1ccnc(C2CC2c2ccc(SN)cc2)n1. The molecule has 1 aliphatic rings. The average molecular weight is 285 g/mol. The molecular formula is C16H19N3S. The van der Waals surface area contributed by atoms with Crippen molar-refractivity contribution in [1.82, 2.24) is 9.97 Å². The summed E-state index contributed by atoms with van der Waals surface area (Å²) in [5.41, 5.74) is 2.50. The summed E-state index contributed by atoms with van der Waals surface area (Å²) in [4.78, 5) is 10.3. The zero-order valence-electron chi connectivity index (χ0n) is 11.8. The van der Waals surface area contributed by atoms with Gasteiger partial charge in [-0.2, -0.15) is 0 Å². The van der Waals surface area contributed by atoms with Crippen molar-refractivity contribution in [2.45, 2.75) is 42.9 Å². The largest absolute Gasteiger partial charge is 0.274 e. The summed E-state index contributed by atoms with van der Waals surface area (Å²) >= 11 is 1.29. The van der Waals surface area contributed by atoms with Crippen LogP contribution in [0, 0.1) is 0 Å². The summed E-state index contributed by atoms with van der Waals surface area (Å²) in [5.74, 6) is 2.49. The van der Waals surface area contributed by atoms with Crippen LogP contribution in [0.5, 0.6) is 0 Å². The standard InChI is InChI=1S/C16H19N3S/c1-10(2)15-7-8-18-16(19-15)14-9-13(14)11-3-5-12(20-17)6-4-11/h3-8,10,13-14H,9,17H2,1-2H3. The predicted octanol–water partition coefficient (Wildman–Crippen LogP) is 3.84. The minimum atomic E-state index is 0.454. The van der Waals surface area contributed by atoms with Crippen LogP contribution in [0.3, 0.4) is 0 Å². The smallest absolute Gasteiger partial charge is 0.132 e. The Bertz CT molecular complexity index is 595. The molecule has 0 bridgehead atoms. The van der Waals surface area contributed by atoms with Gasteiger partial charge in [0, 0.05) is 22.7 Å². The van der Waals surface area contributed by atoms with Crippen LogP contribution in [-0.4, -0.2) is 9.97 Å². The zero-order valence-corrected chi connectivity index (χ0v) is 12.6. The van der Waals surface area contributed by atoms with Crippen LogP contribution in [0.15, 0.2) is 41.4 Å². The van der Waals surface area contributed by atoms with Crippen LogP contribution in [0.2, 0.25) is 0 Å². The Morgan fingerprint density at radius 2 is 1.90 bits per heavy atom. The number of benzene rings is 1. The van der Waals surface area contributed by atoms with Crippen LogP contribution in [0.4, 0.5) is 0 Å². The Morgan fingerprint density at radius 1 is 1.15 bits per heavy atom. The first-order valence-electron chi connectivity index (χ1n) is 6.98. The van der Waals surface area contributed by atoms with Crippen molar-refractivity contribution < 1.29 is 0 Å². The molecule has 104 valence electrons. The molecule has 0 spiro atoms. The van der Waals surface area contributed by atoms with Gasteiger partial charge in [-0.1, -0.05) is 26.0 Å². The van der Waals surface area contributed by atoms with Crippen molar-refractivity contribution in [3.8, 4) is 0 Å². The summed E-state index contributed by atoms with van der Waals surface area (Å²) in [6.07, 6.45) is 3.04. The topological polar surface area (TPSA) is 51.8 Å². The van der Waals surface area contributed by atoms with Gasteiger partial charge >= 0.3 is 0 Å². The van der Waals surface area contributed by atoms with Crippen molar-refractivity contribution in [2.24, 2.45) is 5.14 Å². The molecule has 4 heteroatoms. The van der Waals surface area contributed by atoms with E-state index in [-0.39, 0.29) is 0 Å². The number of rotatable bonds is 4. The van der Waals surface area contributed by atoms with Gasteiger partial charge in [0.2, 0.25) is 0 Å². The predicted molar refractivity (Wildman–Crippen MR) is 82.7 cm³/mol. The molecule has 1 aromatic carbocycles. The second-order valence-electron chi connectivity index (χ2n) is 5.63. The van der Waals surface area contributed by atoms with Gasteiger partial charge < -0.3 is 0 Å². The second-order valence-corrected chi connectivity index (χ2v) is 6.34. The maximum Gasteiger partial charge on any atom is 0.132 e. The molecule has 0 saturated heterocycles. The molecule has 1 heterocycles. The van der Waals surface area contributed by atoms with E-state index >= 15 is 0 Å². The lowest BCUT2D eigenvalue weighted by molar-refractivity contribution is 0.778. The molecule has 0 amide bonds. The molecule has 3 rings (SSSR count). The highest BCUT2D eigenvalue weighted by Crippen LogP contribution is 2.53. The summed E-state index contributed by atoms with van der Waals surface area (Å²) in [6.45, 7) is 4.33. The van der Waals surface area contributed by atoms with Crippen LogP contribution in [-0.2, 0) is 0 Å². The maximum absolute atomic E-state index is 5.55. The highest BCUT2D eigenvalue weighted by atomic mass is 32.2. The van der Waals surface area contributed by atoms with Crippen molar-refractivity contribution in [1.29, 1.82) is 0 Å². The van der Waals surface area contributed by atoms with Gasteiger partial charge in [-0.3, -0.25) is 5.14 Å². The first kappa shape index (κ1) is 13.6. The first-order valence-corrected chi connectivity index (χ1v) is 7.86. The van der Waals surface area contributed by atoms with Crippen LogP contribution in [0.1, 0.15) is 55.1 Å². The van der Waals surface area contributed by atoms with E-state index in [4.69, 9.17) is 10.1 Å². The summed E-state index contributed by atoms with van der Waals surface area (Å²) in [5, 5.41) is 5.55. The molecular weight excluding hydrogens is 266 g/mol. The van der Waals surface area contributed by atoms with Gasteiger partial charge in [-0.05, 0) is 54.0 Å². The maximum atomic E-state index is 5.55. The van der Waals surface area contributed by atoms with Crippen molar-refractivity contribution in [3.63, 3.8) is 0 Å². The van der Waals surface area contributed by atoms with Crippen molar-refractivity contribution in [2.75, 3.05) is 0 Å². The number of nitrogens with zero attached hydrogens (tertiary/aromatic N) is 2. The number of hydrogen-bond donors (Lipinski definition) is 1. The molecule has 2 atom stereocenters. The molecule has 0 radical (unpaired) electrons. The number of hydrogen-bond acceptors (Lipinski definition) is 4. The Balaban J connectivity index is 1.76. The third kappa shape index (κ3) is 2.72. The molecule has 1 saturated carbocycles.